The number of hydrogen-bond acceptors (Lipinski definition) is 1. The van der Waals surface area contributed by atoms with Gasteiger partial charge in [0.15, 0.2) is 0 Å². The van der Waals surface area contributed by atoms with Crippen LogP contribution < -0.4 is 0 Å². The van der Waals surface area contributed by atoms with Crippen LogP contribution >= 0.6 is 0 Å². The summed E-state index contributed by atoms with van der Waals surface area (Å²) in [6, 6.07) is 0.592. The first kappa shape index (κ1) is 30.2. The van der Waals surface area contributed by atoms with Crippen molar-refractivity contribution in [1.29, 1.82) is 0 Å². The lowest BCUT2D eigenvalue weighted by Gasteiger charge is -2.22. The lowest BCUT2D eigenvalue weighted by Crippen LogP contribution is -2.13. The molecule has 0 aromatic carbocycles. The van der Waals surface area contributed by atoms with E-state index in [1.807, 2.05) is 0 Å². The molecule has 33 heavy (non-hydrogen) atoms. The van der Waals surface area contributed by atoms with Gasteiger partial charge < -0.3 is 4.57 Å². The van der Waals surface area contributed by atoms with Crippen molar-refractivity contribution in [3.63, 3.8) is 0 Å². The Bertz CT molecular complexity index is 521. The molecule has 0 saturated carbocycles. The van der Waals surface area contributed by atoms with E-state index in [-0.39, 0.29) is 0 Å². The van der Waals surface area contributed by atoms with Crippen LogP contribution in [0.15, 0.2) is 12.4 Å². The SMILES string of the molecule is CCCCCCCCCCCCCC(C)n1ccnc1C(CCCC)CCCCCCCC. The molecule has 2 heteroatoms. The molecule has 0 saturated heterocycles. The Labute approximate surface area is 208 Å². The van der Waals surface area contributed by atoms with Crippen LogP contribution in [0.5, 0.6) is 0 Å². The van der Waals surface area contributed by atoms with Gasteiger partial charge in [-0.25, -0.2) is 4.98 Å². The third-order valence-electron chi connectivity index (χ3n) is 7.58. The second-order valence-electron chi connectivity index (χ2n) is 10.8. The van der Waals surface area contributed by atoms with Gasteiger partial charge in [0, 0.05) is 24.4 Å². The number of imidazole rings is 1. The zero-order chi connectivity index (χ0) is 24.0. The summed E-state index contributed by atoms with van der Waals surface area (Å²) in [5.74, 6) is 2.04. The molecule has 1 aromatic rings. The lowest BCUT2D eigenvalue weighted by atomic mass is 9.93. The molecule has 0 radical (unpaired) electrons. The van der Waals surface area contributed by atoms with Gasteiger partial charge in [-0.1, -0.05) is 143 Å². The quantitative estimate of drug-likeness (QED) is 0.140. The van der Waals surface area contributed by atoms with Crippen molar-refractivity contribution in [2.75, 3.05) is 0 Å². The Balaban J connectivity index is 2.31. The number of unbranched alkanes of at least 4 members (excludes halogenated alkanes) is 16. The van der Waals surface area contributed by atoms with Gasteiger partial charge in [-0.2, -0.15) is 0 Å². The van der Waals surface area contributed by atoms with Crippen molar-refractivity contribution in [3.05, 3.63) is 18.2 Å². The highest BCUT2D eigenvalue weighted by Gasteiger charge is 2.19. The fourth-order valence-corrected chi connectivity index (χ4v) is 5.28. The van der Waals surface area contributed by atoms with Crippen molar-refractivity contribution in [1.82, 2.24) is 9.55 Å². The van der Waals surface area contributed by atoms with Crippen molar-refractivity contribution < 1.29 is 0 Å². The van der Waals surface area contributed by atoms with E-state index in [2.05, 4.69) is 44.7 Å². The molecular formula is C31H60N2. The first-order valence-electron chi connectivity index (χ1n) is 15.3. The first-order valence-corrected chi connectivity index (χ1v) is 15.3. The monoisotopic (exact) mass is 460 g/mol. The molecule has 0 spiro atoms. The Morgan fingerprint density at radius 1 is 0.576 bits per heavy atom. The van der Waals surface area contributed by atoms with E-state index in [1.165, 1.54) is 147 Å². The predicted octanol–water partition coefficient (Wildman–Crippen LogP) is 11.2. The highest BCUT2D eigenvalue weighted by Crippen LogP contribution is 2.30. The second-order valence-corrected chi connectivity index (χ2v) is 10.8. The summed E-state index contributed by atoms with van der Waals surface area (Å²) in [7, 11) is 0. The van der Waals surface area contributed by atoms with Gasteiger partial charge in [-0.15, -0.1) is 0 Å². The molecule has 1 rings (SSSR count). The van der Waals surface area contributed by atoms with Gasteiger partial charge in [0.1, 0.15) is 5.82 Å². The summed E-state index contributed by atoms with van der Waals surface area (Å²) in [6.07, 6.45) is 34.9. The molecule has 2 atom stereocenters. The molecule has 2 unspecified atom stereocenters. The highest BCUT2D eigenvalue weighted by molar-refractivity contribution is 5.02. The van der Waals surface area contributed by atoms with E-state index in [0.29, 0.717) is 12.0 Å². The van der Waals surface area contributed by atoms with Crippen LogP contribution in [-0.4, -0.2) is 9.55 Å². The van der Waals surface area contributed by atoms with E-state index >= 15 is 0 Å². The van der Waals surface area contributed by atoms with Crippen LogP contribution in [0.4, 0.5) is 0 Å². The summed E-state index contributed by atoms with van der Waals surface area (Å²) >= 11 is 0. The predicted molar refractivity (Wildman–Crippen MR) is 148 cm³/mol. The van der Waals surface area contributed by atoms with Gasteiger partial charge in [0.25, 0.3) is 0 Å². The minimum atomic E-state index is 0.592. The van der Waals surface area contributed by atoms with Crippen LogP contribution in [-0.2, 0) is 0 Å². The largest absolute Gasteiger partial charge is 0.332 e. The number of hydrogen-bond donors (Lipinski definition) is 0. The molecule has 0 aliphatic heterocycles. The number of aromatic nitrogens is 2. The van der Waals surface area contributed by atoms with Gasteiger partial charge >= 0.3 is 0 Å². The van der Waals surface area contributed by atoms with E-state index in [9.17, 15) is 0 Å². The number of nitrogens with zero attached hydrogens (tertiary/aromatic N) is 2. The number of rotatable bonds is 24. The van der Waals surface area contributed by atoms with Crippen molar-refractivity contribution in [2.45, 2.75) is 181 Å². The van der Waals surface area contributed by atoms with Crippen LogP contribution in [0.3, 0.4) is 0 Å². The fraction of sp³-hybridized carbons (Fsp3) is 0.903. The molecule has 2 nitrogen and oxygen atoms in total. The van der Waals surface area contributed by atoms with E-state index < -0.39 is 0 Å². The van der Waals surface area contributed by atoms with E-state index in [4.69, 9.17) is 4.98 Å². The molecule has 1 heterocycles. The normalized spacial score (nSPS) is 13.5. The second kappa shape index (κ2) is 21.7. The van der Waals surface area contributed by atoms with Crippen LogP contribution in [0.1, 0.15) is 187 Å². The van der Waals surface area contributed by atoms with Gasteiger partial charge in [-0.3, -0.25) is 0 Å². The lowest BCUT2D eigenvalue weighted by molar-refractivity contribution is 0.416. The minimum absolute atomic E-state index is 0.592. The van der Waals surface area contributed by atoms with Crippen molar-refractivity contribution in [3.8, 4) is 0 Å². The highest BCUT2D eigenvalue weighted by atomic mass is 15.1. The average Bonchev–Trinajstić information content (AvgIpc) is 3.31. The summed E-state index contributed by atoms with van der Waals surface area (Å²) < 4.78 is 2.54. The summed E-state index contributed by atoms with van der Waals surface area (Å²) in [5, 5.41) is 0. The zero-order valence-electron chi connectivity index (χ0n) is 23.3. The van der Waals surface area contributed by atoms with Crippen molar-refractivity contribution in [2.24, 2.45) is 0 Å². The molecule has 0 fully saturated rings. The Morgan fingerprint density at radius 2 is 1.00 bits per heavy atom. The molecule has 0 N–H and O–H groups in total. The zero-order valence-corrected chi connectivity index (χ0v) is 23.3. The third-order valence-corrected chi connectivity index (χ3v) is 7.58. The maximum atomic E-state index is 4.89. The topological polar surface area (TPSA) is 17.8 Å². The van der Waals surface area contributed by atoms with Gasteiger partial charge in [-0.05, 0) is 26.2 Å². The fourth-order valence-electron chi connectivity index (χ4n) is 5.28. The Kier molecular flexibility index (Phi) is 19.9. The summed E-state index contributed by atoms with van der Waals surface area (Å²) in [6.45, 7) is 9.35. The van der Waals surface area contributed by atoms with Crippen molar-refractivity contribution >= 4 is 0 Å². The molecule has 1 aromatic heterocycles. The Morgan fingerprint density at radius 3 is 1.52 bits per heavy atom. The van der Waals surface area contributed by atoms with E-state index in [1.54, 1.807) is 0 Å². The molecule has 0 amide bonds. The molecule has 0 bridgehead atoms. The van der Waals surface area contributed by atoms with Gasteiger partial charge in [0.05, 0.1) is 0 Å². The maximum absolute atomic E-state index is 4.89. The molecule has 0 aliphatic rings. The van der Waals surface area contributed by atoms with Gasteiger partial charge in [0.2, 0.25) is 0 Å². The van der Waals surface area contributed by atoms with Crippen LogP contribution in [0.25, 0.3) is 0 Å². The minimum Gasteiger partial charge on any atom is -0.332 e. The standard InChI is InChI=1S/C31H60N2/c1-5-8-11-13-15-16-17-18-19-20-22-24-29(4)33-28-27-32-31(33)30(25-10-7-3)26-23-21-14-12-9-6-2/h27-30H,5-26H2,1-4H3. The maximum Gasteiger partial charge on any atom is 0.111 e. The first-order chi connectivity index (χ1) is 16.2. The summed E-state index contributed by atoms with van der Waals surface area (Å²) in [4.78, 5) is 4.89. The average molecular weight is 461 g/mol. The Hall–Kier alpha value is -0.790. The van der Waals surface area contributed by atoms with E-state index in [0.717, 1.165) is 0 Å². The third kappa shape index (κ3) is 14.9. The molecule has 0 aliphatic carbocycles. The van der Waals surface area contributed by atoms with Crippen LogP contribution in [0.2, 0.25) is 0 Å². The molecular weight excluding hydrogens is 400 g/mol. The smallest absolute Gasteiger partial charge is 0.111 e. The summed E-state index contributed by atoms with van der Waals surface area (Å²) in [5.41, 5.74) is 0. The molecule has 194 valence electrons. The van der Waals surface area contributed by atoms with Crippen LogP contribution in [0, 0.1) is 0 Å².